The summed E-state index contributed by atoms with van der Waals surface area (Å²) in [6.07, 6.45) is 0. The first-order valence-corrected chi connectivity index (χ1v) is 14.5. The molecule has 0 bridgehead atoms. The van der Waals surface area contributed by atoms with Crippen LogP contribution >= 0.6 is 11.6 Å². The van der Waals surface area contributed by atoms with Gasteiger partial charge >= 0.3 is 0 Å². The molecular weight excluding hydrogens is 534 g/mol. The van der Waals surface area contributed by atoms with E-state index in [0.29, 0.717) is 5.02 Å². The van der Waals surface area contributed by atoms with Gasteiger partial charge in [0.15, 0.2) is 0 Å². The van der Waals surface area contributed by atoms with E-state index in [4.69, 9.17) is 11.6 Å². The Kier molecular flexibility index (Phi) is 9.46. The first-order valence-electron chi connectivity index (χ1n) is 12.7. The summed E-state index contributed by atoms with van der Waals surface area (Å²) in [6.45, 7) is 10.7. The van der Waals surface area contributed by atoms with Gasteiger partial charge in [0.05, 0.1) is 10.6 Å². The van der Waals surface area contributed by atoms with Crippen molar-refractivity contribution in [1.29, 1.82) is 0 Å². The second kappa shape index (κ2) is 12.2. The number of hydrogen-bond acceptors (Lipinski definition) is 4. The normalized spacial score (nSPS) is 12.5. The Labute approximate surface area is 236 Å². The van der Waals surface area contributed by atoms with Crippen LogP contribution in [0.2, 0.25) is 5.02 Å². The Hall–Kier alpha value is -3.36. The van der Waals surface area contributed by atoms with E-state index in [1.54, 1.807) is 37.3 Å². The van der Waals surface area contributed by atoms with Crippen molar-refractivity contribution >= 4 is 39.1 Å². The third-order valence-electron chi connectivity index (χ3n) is 6.12. The molecule has 0 fully saturated rings. The molecule has 39 heavy (non-hydrogen) atoms. The van der Waals surface area contributed by atoms with Gasteiger partial charge in [0, 0.05) is 17.1 Å². The van der Waals surface area contributed by atoms with E-state index < -0.39 is 34.1 Å². The number of nitrogens with one attached hydrogen (secondary N) is 1. The van der Waals surface area contributed by atoms with Gasteiger partial charge in [-0.05, 0) is 77.4 Å². The van der Waals surface area contributed by atoms with Crippen LogP contribution in [0.3, 0.4) is 0 Å². The summed E-state index contributed by atoms with van der Waals surface area (Å²) in [5, 5.41) is 3.25. The van der Waals surface area contributed by atoms with Crippen molar-refractivity contribution in [2.75, 3.05) is 10.8 Å². The summed E-state index contributed by atoms with van der Waals surface area (Å²) in [5.74, 6) is -0.860. The lowest BCUT2D eigenvalue weighted by molar-refractivity contribution is -0.140. The molecule has 0 heterocycles. The number of amides is 2. The molecule has 0 radical (unpaired) electrons. The van der Waals surface area contributed by atoms with Gasteiger partial charge < -0.3 is 10.2 Å². The van der Waals surface area contributed by atoms with Crippen LogP contribution in [0.25, 0.3) is 0 Å². The van der Waals surface area contributed by atoms with Crippen LogP contribution in [0.4, 0.5) is 5.69 Å². The van der Waals surface area contributed by atoms with Crippen LogP contribution in [-0.2, 0) is 26.2 Å². The Balaban J connectivity index is 2.03. The fraction of sp³-hybridized carbons (Fsp3) is 0.333. The third kappa shape index (κ3) is 8.07. The van der Waals surface area contributed by atoms with E-state index >= 15 is 0 Å². The number of halogens is 1. The van der Waals surface area contributed by atoms with Crippen molar-refractivity contribution in [3.05, 3.63) is 94.5 Å². The molecule has 0 aliphatic rings. The van der Waals surface area contributed by atoms with E-state index in [1.165, 1.54) is 23.1 Å². The standard InChI is InChI=1S/C30H36ClN3O4S/c1-21-10-14-24(15-11-21)19-33(23(3)29(36)32-30(4,5)6)28(35)20-34(26-9-7-8-25(31)18-26)39(37,38)27-16-12-22(2)13-17-27/h7-18,23H,19-20H2,1-6H3,(H,32,36)/t23-/m1/s1. The molecule has 9 heteroatoms. The fourth-order valence-electron chi connectivity index (χ4n) is 3.94. The zero-order valence-corrected chi connectivity index (χ0v) is 24.8. The second-order valence-corrected chi connectivity index (χ2v) is 13.0. The lowest BCUT2D eigenvalue weighted by atomic mass is 10.1. The van der Waals surface area contributed by atoms with Gasteiger partial charge in [-0.2, -0.15) is 0 Å². The van der Waals surface area contributed by atoms with E-state index in [1.807, 2.05) is 58.9 Å². The molecule has 0 unspecified atom stereocenters. The van der Waals surface area contributed by atoms with Gasteiger partial charge in [0.25, 0.3) is 10.0 Å². The predicted molar refractivity (Wildman–Crippen MR) is 156 cm³/mol. The van der Waals surface area contributed by atoms with Gasteiger partial charge in [0.1, 0.15) is 12.6 Å². The minimum absolute atomic E-state index is 0.0458. The monoisotopic (exact) mass is 569 g/mol. The quantitative estimate of drug-likeness (QED) is 0.369. The lowest BCUT2D eigenvalue weighted by Gasteiger charge is -2.33. The Morgan fingerprint density at radius 3 is 2.03 bits per heavy atom. The predicted octanol–water partition coefficient (Wildman–Crippen LogP) is 5.48. The summed E-state index contributed by atoms with van der Waals surface area (Å²) in [6, 6.07) is 19.6. The van der Waals surface area contributed by atoms with Crippen LogP contribution in [0.5, 0.6) is 0 Å². The smallest absolute Gasteiger partial charge is 0.264 e. The second-order valence-electron chi connectivity index (χ2n) is 10.7. The van der Waals surface area contributed by atoms with Gasteiger partial charge in [-0.3, -0.25) is 13.9 Å². The molecule has 2 amide bonds. The lowest BCUT2D eigenvalue weighted by Crippen LogP contribution is -2.54. The summed E-state index contributed by atoms with van der Waals surface area (Å²) in [4.78, 5) is 28.5. The Morgan fingerprint density at radius 1 is 0.923 bits per heavy atom. The average molecular weight is 570 g/mol. The maximum atomic E-state index is 13.9. The van der Waals surface area contributed by atoms with Crippen LogP contribution in [0, 0.1) is 13.8 Å². The summed E-state index contributed by atoms with van der Waals surface area (Å²) < 4.78 is 28.7. The maximum absolute atomic E-state index is 13.9. The van der Waals surface area contributed by atoms with Crippen molar-refractivity contribution in [2.45, 2.75) is 64.6 Å². The number of nitrogens with zero attached hydrogens (tertiary/aromatic N) is 2. The average Bonchev–Trinajstić information content (AvgIpc) is 2.85. The molecule has 0 saturated heterocycles. The molecule has 0 saturated carbocycles. The number of aryl methyl sites for hydroxylation is 2. The maximum Gasteiger partial charge on any atom is 0.264 e. The van der Waals surface area contributed by atoms with Crippen molar-refractivity contribution in [3.8, 4) is 0 Å². The van der Waals surface area contributed by atoms with Crippen LogP contribution in [0.15, 0.2) is 77.7 Å². The highest BCUT2D eigenvalue weighted by Gasteiger charge is 2.33. The topological polar surface area (TPSA) is 86.8 Å². The summed E-state index contributed by atoms with van der Waals surface area (Å²) in [7, 11) is -4.14. The van der Waals surface area contributed by atoms with Crippen molar-refractivity contribution in [1.82, 2.24) is 10.2 Å². The first kappa shape index (κ1) is 30.2. The number of hydrogen-bond donors (Lipinski definition) is 1. The molecule has 3 rings (SSSR count). The molecule has 0 spiro atoms. The molecular formula is C30H36ClN3O4S. The van der Waals surface area contributed by atoms with Crippen molar-refractivity contribution in [2.24, 2.45) is 0 Å². The van der Waals surface area contributed by atoms with E-state index in [0.717, 1.165) is 21.0 Å². The Bertz CT molecular complexity index is 1420. The molecule has 3 aromatic rings. The molecule has 0 aliphatic heterocycles. The summed E-state index contributed by atoms with van der Waals surface area (Å²) in [5.41, 5.74) is 2.53. The van der Waals surface area contributed by atoms with Gasteiger partial charge in [0.2, 0.25) is 11.8 Å². The molecule has 0 aromatic heterocycles. The van der Waals surface area contributed by atoms with Crippen LogP contribution in [-0.4, -0.2) is 43.3 Å². The highest BCUT2D eigenvalue weighted by atomic mass is 35.5. The number of rotatable bonds is 9. The van der Waals surface area contributed by atoms with Gasteiger partial charge in [-0.1, -0.05) is 65.2 Å². The zero-order chi connectivity index (χ0) is 29.0. The number of sulfonamides is 1. The van der Waals surface area contributed by atoms with E-state index in [-0.39, 0.29) is 23.0 Å². The first-order chi connectivity index (χ1) is 18.2. The number of carbonyl (C=O) groups is 2. The minimum atomic E-state index is -4.14. The van der Waals surface area contributed by atoms with E-state index in [2.05, 4.69) is 5.32 Å². The fourth-order valence-corrected chi connectivity index (χ4v) is 5.53. The van der Waals surface area contributed by atoms with Crippen molar-refractivity contribution in [3.63, 3.8) is 0 Å². The minimum Gasteiger partial charge on any atom is -0.350 e. The third-order valence-corrected chi connectivity index (χ3v) is 8.15. The van der Waals surface area contributed by atoms with Gasteiger partial charge in [-0.25, -0.2) is 8.42 Å². The van der Waals surface area contributed by atoms with Crippen LogP contribution in [0.1, 0.15) is 44.4 Å². The molecule has 7 nitrogen and oxygen atoms in total. The zero-order valence-electron chi connectivity index (χ0n) is 23.2. The van der Waals surface area contributed by atoms with Crippen molar-refractivity contribution < 1.29 is 18.0 Å². The Morgan fingerprint density at radius 2 is 1.49 bits per heavy atom. The molecule has 3 aromatic carbocycles. The molecule has 1 atom stereocenters. The number of carbonyl (C=O) groups excluding carboxylic acids is 2. The van der Waals surface area contributed by atoms with Crippen LogP contribution < -0.4 is 9.62 Å². The highest BCUT2D eigenvalue weighted by Crippen LogP contribution is 2.27. The molecule has 1 N–H and O–H groups in total. The number of anilines is 1. The van der Waals surface area contributed by atoms with E-state index in [9.17, 15) is 18.0 Å². The number of benzene rings is 3. The highest BCUT2D eigenvalue weighted by molar-refractivity contribution is 7.92. The summed E-state index contributed by atoms with van der Waals surface area (Å²) >= 11 is 6.21. The van der Waals surface area contributed by atoms with Gasteiger partial charge in [-0.15, -0.1) is 0 Å². The SMILES string of the molecule is Cc1ccc(CN(C(=O)CN(c2cccc(Cl)c2)S(=O)(=O)c2ccc(C)cc2)[C@H](C)C(=O)NC(C)(C)C)cc1. The largest absolute Gasteiger partial charge is 0.350 e. The molecule has 0 aliphatic carbocycles. The molecule has 208 valence electrons.